The molecule has 29 heavy (non-hydrogen) atoms. The number of benzene rings is 1. The molecule has 0 aromatic heterocycles. The molecular weight excluding hydrogens is 368 g/mol. The summed E-state index contributed by atoms with van der Waals surface area (Å²) in [6.07, 6.45) is 8.04. The van der Waals surface area contributed by atoms with Crippen molar-refractivity contribution in [2.24, 2.45) is 0 Å². The van der Waals surface area contributed by atoms with Gasteiger partial charge in [0.25, 0.3) is 11.8 Å². The van der Waals surface area contributed by atoms with Crippen LogP contribution in [0.2, 0.25) is 0 Å². The Bertz CT molecular complexity index is 728. The molecule has 0 bridgehead atoms. The molecule has 1 atom stereocenters. The minimum Gasteiger partial charge on any atom is -0.351 e. The Morgan fingerprint density at radius 1 is 0.966 bits per heavy atom. The highest BCUT2D eigenvalue weighted by Gasteiger charge is 2.17. The average Bonchev–Trinajstić information content (AvgIpc) is 2.69. The van der Waals surface area contributed by atoms with Gasteiger partial charge in [0.2, 0.25) is 5.91 Å². The number of amides is 3. The zero-order valence-electron chi connectivity index (χ0n) is 17.5. The molecule has 7 heteroatoms. The van der Waals surface area contributed by atoms with Gasteiger partial charge >= 0.3 is 0 Å². The SMILES string of the molecule is CC[NH+](CC(=O)NCCC1=CCCCC1)CC(=O)Nc1ccc(NC(C)=O)cc1. The van der Waals surface area contributed by atoms with Gasteiger partial charge in [0.15, 0.2) is 13.1 Å². The lowest BCUT2D eigenvalue weighted by atomic mass is 9.97. The van der Waals surface area contributed by atoms with E-state index in [-0.39, 0.29) is 30.8 Å². The summed E-state index contributed by atoms with van der Waals surface area (Å²) >= 11 is 0. The highest BCUT2D eigenvalue weighted by Crippen LogP contribution is 2.19. The normalized spacial score (nSPS) is 14.5. The molecular formula is C22H33N4O3+. The first kappa shape index (κ1) is 22.6. The maximum Gasteiger partial charge on any atom is 0.279 e. The first-order valence-electron chi connectivity index (χ1n) is 10.4. The molecule has 3 amide bonds. The second kappa shape index (κ2) is 12.0. The summed E-state index contributed by atoms with van der Waals surface area (Å²) in [7, 11) is 0. The smallest absolute Gasteiger partial charge is 0.279 e. The first-order chi connectivity index (χ1) is 14.0. The minimum absolute atomic E-state index is 0.0225. The number of rotatable bonds is 10. The van der Waals surface area contributed by atoms with E-state index < -0.39 is 0 Å². The van der Waals surface area contributed by atoms with Gasteiger partial charge in [-0.3, -0.25) is 14.4 Å². The molecule has 0 fully saturated rings. The van der Waals surface area contributed by atoms with Gasteiger partial charge in [-0.25, -0.2) is 0 Å². The molecule has 0 saturated heterocycles. The van der Waals surface area contributed by atoms with Gasteiger partial charge in [0.1, 0.15) is 0 Å². The van der Waals surface area contributed by atoms with E-state index in [9.17, 15) is 14.4 Å². The summed E-state index contributed by atoms with van der Waals surface area (Å²) in [5.74, 6) is -0.308. The van der Waals surface area contributed by atoms with E-state index in [1.54, 1.807) is 24.3 Å². The minimum atomic E-state index is -0.144. The molecule has 158 valence electrons. The van der Waals surface area contributed by atoms with Crippen LogP contribution in [0.25, 0.3) is 0 Å². The zero-order valence-corrected chi connectivity index (χ0v) is 17.5. The zero-order chi connectivity index (χ0) is 21.1. The van der Waals surface area contributed by atoms with E-state index in [0.717, 1.165) is 24.2 Å². The fraction of sp³-hybridized carbons (Fsp3) is 0.500. The maximum atomic E-state index is 12.3. The first-order valence-corrected chi connectivity index (χ1v) is 10.4. The number of nitrogens with one attached hydrogen (secondary N) is 4. The van der Waals surface area contributed by atoms with Crippen LogP contribution in [0, 0.1) is 0 Å². The molecule has 1 aliphatic rings. The van der Waals surface area contributed by atoms with E-state index in [2.05, 4.69) is 22.0 Å². The van der Waals surface area contributed by atoms with Crippen LogP contribution < -0.4 is 20.9 Å². The van der Waals surface area contributed by atoms with E-state index in [4.69, 9.17) is 0 Å². The van der Waals surface area contributed by atoms with Gasteiger partial charge in [-0.1, -0.05) is 11.6 Å². The van der Waals surface area contributed by atoms with Crippen molar-refractivity contribution in [2.75, 3.05) is 36.8 Å². The van der Waals surface area contributed by atoms with Crippen LogP contribution in [0.15, 0.2) is 35.9 Å². The van der Waals surface area contributed by atoms with Gasteiger partial charge in [-0.2, -0.15) is 0 Å². The summed E-state index contributed by atoms with van der Waals surface area (Å²) < 4.78 is 0. The Hall–Kier alpha value is -2.67. The molecule has 0 radical (unpaired) electrons. The molecule has 0 saturated carbocycles. The lowest BCUT2D eigenvalue weighted by Gasteiger charge is -2.17. The third kappa shape index (κ3) is 8.91. The molecule has 1 unspecified atom stereocenters. The van der Waals surface area contributed by atoms with Crippen molar-refractivity contribution in [1.29, 1.82) is 0 Å². The molecule has 1 aromatic rings. The topological polar surface area (TPSA) is 91.7 Å². The number of hydrogen-bond acceptors (Lipinski definition) is 3. The number of anilines is 2. The summed E-state index contributed by atoms with van der Waals surface area (Å²) in [5, 5.41) is 8.49. The summed E-state index contributed by atoms with van der Waals surface area (Å²) in [4.78, 5) is 36.5. The van der Waals surface area contributed by atoms with Crippen molar-refractivity contribution in [3.05, 3.63) is 35.9 Å². The third-order valence-electron chi connectivity index (χ3n) is 4.96. The monoisotopic (exact) mass is 401 g/mol. The van der Waals surface area contributed by atoms with Gasteiger partial charge in [0.05, 0.1) is 6.54 Å². The van der Waals surface area contributed by atoms with E-state index >= 15 is 0 Å². The fourth-order valence-corrected chi connectivity index (χ4v) is 3.37. The maximum absolute atomic E-state index is 12.3. The van der Waals surface area contributed by atoms with Crippen LogP contribution in [0.1, 0.15) is 46.0 Å². The Morgan fingerprint density at radius 3 is 2.21 bits per heavy atom. The number of allylic oxidation sites excluding steroid dienone is 1. The number of quaternary nitrogens is 1. The standard InChI is InChI=1S/C22H32N4O3/c1-3-26(15-21(28)23-14-13-18-7-5-4-6-8-18)16-22(29)25-20-11-9-19(10-12-20)24-17(2)27/h7,9-12H,3-6,8,13-16H2,1-2H3,(H,23,28)(H,24,27)(H,25,29)/p+1. The van der Waals surface area contributed by atoms with Crippen molar-refractivity contribution in [1.82, 2.24) is 5.32 Å². The highest BCUT2D eigenvalue weighted by molar-refractivity contribution is 5.92. The number of hydrogen-bond donors (Lipinski definition) is 4. The lowest BCUT2D eigenvalue weighted by Crippen LogP contribution is -3.14. The van der Waals surface area contributed by atoms with Crippen LogP contribution in [-0.4, -0.2) is 43.9 Å². The molecule has 0 heterocycles. The molecule has 0 spiro atoms. The van der Waals surface area contributed by atoms with Crippen molar-refractivity contribution >= 4 is 29.1 Å². The number of carbonyl (C=O) groups excluding carboxylic acids is 3. The van der Waals surface area contributed by atoms with Gasteiger partial charge in [0, 0.05) is 24.8 Å². The summed E-state index contributed by atoms with van der Waals surface area (Å²) in [6.45, 7) is 5.26. The molecule has 4 N–H and O–H groups in total. The second-order valence-electron chi connectivity index (χ2n) is 7.47. The fourth-order valence-electron chi connectivity index (χ4n) is 3.37. The van der Waals surface area contributed by atoms with Crippen LogP contribution in [-0.2, 0) is 14.4 Å². The average molecular weight is 402 g/mol. The predicted octanol–water partition coefficient (Wildman–Crippen LogP) is 1.49. The quantitative estimate of drug-likeness (QED) is 0.448. The van der Waals surface area contributed by atoms with Gasteiger partial charge in [-0.15, -0.1) is 0 Å². The van der Waals surface area contributed by atoms with E-state index in [0.29, 0.717) is 24.5 Å². The van der Waals surface area contributed by atoms with Crippen molar-refractivity contribution in [3.8, 4) is 0 Å². The van der Waals surface area contributed by atoms with E-state index in [1.165, 1.54) is 25.3 Å². The second-order valence-corrected chi connectivity index (χ2v) is 7.47. The molecule has 7 nitrogen and oxygen atoms in total. The Balaban J connectivity index is 1.71. The van der Waals surface area contributed by atoms with Crippen LogP contribution >= 0.6 is 0 Å². The Kier molecular flexibility index (Phi) is 9.37. The van der Waals surface area contributed by atoms with Gasteiger partial charge in [-0.05, 0) is 63.3 Å². The number of carbonyl (C=O) groups is 3. The largest absolute Gasteiger partial charge is 0.351 e. The predicted molar refractivity (Wildman–Crippen MR) is 115 cm³/mol. The van der Waals surface area contributed by atoms with Crippen LogP contribution in [0.3, 0.4) is 0 Å². The summed E-state index contributed by atoms with van der Waals surface area (Å²) in [5.41, 5.74) is 2.78. The molecule has 1 aromatic carbocycles. The van der Waals surface area contributed by atoms with Crippen LogP contribution in [0.4, 0.5) is 11.4 Å². The van der Waals surface area contributed by atoms with Crippen LogP contribution in [0.5, 0.6) is 0 Å². The molecule has 0 aliphatic heterocycles. The van der Waals surface area contributed by atoms with Crippen molar-refractivity contribution in [3.63, 3.8) is 0 Å². The molecule has 2 rings (SSSR count). The molecule has 1 aliphatic carbocycles. The van der Waals surface area contributed by atoms with Crippen molar-refractivity contribution in [2.45, 2.75) is 46.0 Å². The van der Waals surface area contributed by atoms with Gasteiger partial charge < -0.3 is 20.9 Å². The third-order valence-corrected chi connectivity index (χ3v) is 4.96. The van der Waals surface area contributed by atoms with Crippen molar-refractivity contribution < 1.29 is 19.3 Å². The number of likely N-dealkylation sites (N-methyl/N-ethyl adjacent to an activating group) is 1. The Labute approximate surface area is 172 Å². The lowest BCUT2D eigenvalue weighted by molar-refractivity contribution is -0.881. The van der Waals surface area contributed by atoms with E-state index in [1.807, 2.05) is 6.92 Å². The Morgan fingerprint density at radius 2 is 1.62 bits per heavy atom. The summed E-state index contributed by atoms with van der Waals surface area (Å²) in [6, 6.07) is 6.94. The highest BCUT2D eigenvalue weighted by atomic mass is 16.2.